The lowest BCUT2D eigenvalue weighted by Gasteiger charge is -2.47. The second-order valence-electron chi connectivity index (χ2n) is 11.4. The minimum absolute atomic E-state index is 0.0478. The summed E-state index contributed by atoms with van der Waals surface area (Å²) in [5.41, 5.74) is -2.25. The molecule has 0 spiro atoms. The van der Waals surface area contributed by atoms with Gasteiger partial charge in [-0.05, 0) is 68.0 Å². The molecule has 2 heterocycles. The second kappa shape index (κ2) is 11.7. The summed E-state index contributed by atoms with van der Waals surface area (Å²) < 4.78 is 81.3. The van der Waals surface area contributed by atoms with Crippen molar-refractivity contribution in [1.82, 2.24) is 14.7 Å². The number of hydrogen-bond donors (Lipinski definition) is 0. The number of fused-ring (bicyclic) bond motifs is 1. The Morgan fingerprint density at radius 1 is 1.02 bits per heavy atom. The number of carbonyl (C=O) groups excluding carboxylic acids is 2. The Morgan fingerprint density at radius 2 is 1.58 bits per heavy atom. The van der Waals surface area contributed by atoms with Gasteiger partial charge in [0.1, 0.15) is 0 Å². The van der Waals surface area contributed by atoms with Crippen LogP contribution in [0, 0.1) is 12.3 Å². The maximum Gasteiger partial charge on any atom is 0.416 e. The zero-order valence-electron chi connectivity index (χ0n) is 24.3. The number of rotatable bonds is 7. The Hall–Kier alpha value is -3.76. The van der Waals surface area contributed by atoms with Crippen molar-refractivity contribution in [2.75, 3.05) is 20.1 Å². The average molecular weight is 608 g/mol. The van der Waals surface area contributed by atoms with Gasteiger partial charge < -0.3 is 14.7 Å². The molecular weight excluding hydrogens is 572 g/mol. The van der Waals surface area contributed by atoms with Crippen molar-refractivity contribution in [2.45, 2.75) is 63.6 Å². The number of nitrogens with zero attached hydrogens (tertiary/aromatic N) is 3. The first kappa shape index (κ1) is 32.2. The number of allylic oxidation sites excluding steroid dienone is 2. The van der Waals surface area contributed by atoms with Crippen molar-refractivity contribution in [2.24, 2.45) is 5.41 Å². The summed E-state index contributed by atoms with van der Waals surface area (Å²) in [5.74, 6) is -0.0478. The van der Waals surface area contributed by atoms with Crippen molar-refractivity contribution in [3.05, 3.63) is 95.6 Å². The van der Waals surface area contributed by atoms with Gasteiger partial charge in [0.25, 0.3) is 0 Å². The molecule has 2 saturated heterocycles. The van der Waals surface area contributed by atoms with E-state index in [-0.39, 0.29) is 30.6 Å². The van der Waals surface area contributed by atoms with Crippen LogP contribution in [0.3, 0.4) is 0 Å². The van der Waals surface area contributed by atoms with Crippen LogP contribution in [0.4, 0.5) is 31.1 Å². The monoisotopic (exact) mass is 607 g/mol. The van der Waals surface area contributed by atoms with E-state index >= 15 is 0 Å². The molecule has 2 fully saturated rings. The van der Waals surface area contributed by atoms with Crippen LogP contribution in [-0.2, 0) is 17.1 Å². The highest BCUT2D eigenvalue weighted by atomic mass is 19.4. The summed E-state index contributed by atoms with van der Waals surface area (Å²) in [6.45, 7) is 11.3. The minimum atomic E-state index is -5.01. The number of urea groups is 1. The zero-order chi connectivity index (χ0) is 31.9. The molecule has 11 heteroatoms. The molecule has 0 unspecified atom stereocenters. The molecule has 4 rings (SSSR count). The fourth-order valence-corrected chi connectivity index (χ4v) is 6.46. The van der Waals surface area contributed by atoms with E-state index in [1.54, 1.807) is 22.0 Å². The van der Waals surface area contributed by atoms with E-state index in [4.69, 9.17) is 0 Å². The number of piperazine rings is 1. The lowest BCUT2D eigenvalue weighted by atomic mass is 9.76. The topological polar surface area (TPSA) is 43.9 Å². The first-order valence-corrected chi connectivity index (χ1v) is 14.0. The van der Waals surface area contributed by atoms with Crippen LogP contribution >= 0.6 is 0 Å². The number of aryl methyl sites for hydroxylation is 1. The van der Waals surface area contributed by atoms with Crippen LogP contribution in [-0.4, -0.2) is 52.8 Å². The molecule has 43 heavy (non-hydrogen) atoms. The third kappa shape index (κ3) is 6.03. The molecule has 2 aliphatic heterocycles. The Morgan fingerprint density at radius 3 is 2.09 bits per heavy atom. The van der Waals surface area contributed by atoms with E-state index in [9.17, 15) is 35.9 Å². The summed E-state index contributed by atoms with van der Waals surface area (Å²) in [6.07, 6.45) is -5.35. The molecule has 232 valence electrons. The average Bonchev–Trinajstić information content (AvgIpc) is 3.21. The van der Waals surface area contributed by atoms with Gasteiger partial charge in [-0.3, -0.25) is 4.79 Å². The molecule has 0 saturated carbocycles. The lowest BCUT2D eigenvalue weighted by Crippen LogP contribution is -2.57. The van der Waals surface area contributed by atoms with Gasteiger partial charge in [-0.25, -0.2) is 4.79 Å². The fraction of sp³-hybridized carbons (Fsp3) is 0.438. The lowest BCUT2D eigenvalue weighted by molar-refractivity contribution is -0.143. The predicted molar refractivity (Wildman–Crippen MR) is 151 cm³/mol. The zero-order valence-corrected chi connectivity index (χ0v) is 24.3. The Balaban J connectivity index is 1.75. The molecule has 0 aliphatic carbocycles. The number of carbonyl (C=O) groups is 2. The van der Waals surface area contributed by atoms with Crippen LogP contribution in [0.25, 0.3) is 0 Å². The van der Waals surface area contributed by atoms with Gasteiger partial charge in [-0.2, -0.15) is 26.3 Å². The fourth-order valence-electron chi connectivity index (χ4n) is 6.46. The molecule has 2 aromatic carbocycles. The smallest absolute Gasteiger partial charge is 0.335 e. The highest BCUT2D eigenvalue weighted by molar-refractivity contribution is 5.87. The molecular formula is C32H35F6N3O2. The molecule has 5 nitrogen and oxygen atoms in total. The molecule has 2 aromatic rings. The van der Waals surface area contributed by atoms with E-state index in [1.165, 1.54) is 14.0 Å². The Bertz CT molecular complexity index is 1360. The summed E-state index contributed by atoms with van der Waals surface area (Å²) in [6, 6.07) is 6.13. The summed E-state index contributed by atoms with van der Waals surface area (Å²) in [7, 11) is 1.36. The van der Waals surface area contributed by atoms with Gasteiger partial charge in [-0.1, -0.05) is 36.4 Å². The number of amides is 3. The number of halogens is 6. The SMILES string of the molecule is C=CCC1(CC=C)C[C@H]2[C@H](c3ccccc3C)N(C(=O)N(C)[C@@H](C)c3cc(C(F)(F)F)cc(C(F)(F)F)c3)CCN2C1=O. The summed E-state index contributed by atoms with van der Waals surface area (Å²) in [4.78, 5) is 32.4. The van der Waals surface area contributed by atoms with Gasteiger partial charge in [-0.15, -0.1) is 13.2 Å². The predicted octanol–water partition coefficient (Wildman–Crippen LogP) is 7.94. The standard InChI is InChI=1S/C32H35F6N3O2/c1-6-12-30(13-7-2)19-26-27(25-11-9-8-10-20(25)3)41(15-14-40(26)28(30)42)29(43)39(5)21(4)22-16-23(31(33,34)35)18-24(17-22)32(36,37)38/h6-11,16-18,21,26-27H,1-2,12-15,19H2,3-5H3/t21-,26-,27-/m0/s1. The van der Waals surface area contributed by atoms with Gasteiger partial charge >= 0.3 is 18.4 Å². The number of hydrogen-bond acceptors (Lipinski definition) is 2. The van der Waals surface area contributed by atoms with E-state index in [0.29, 0.717) is 31.4 Å². The summed E-state index contributed by atoms with van der Waals surface area (Å²) in [5, 5.41) is 0. The van der Waals surface area contributed by atoms with Crippen molar-refractivity contribution in [1.29, 1.82) is 0 Å². The van der Waals surface area contributed by atoms with Crippen molar-refractivity contribution in [3.63, 3.8) is 0 Å². The van der Waals surface area contributed by atoms with E-state index in [2.05, 4.69) is 13.2 Å². The normalized spacial score (nSPS) is 20.9. The molecule has 3 atom stereocenters. The molecule has 0 aromatic heterocycles. The molecule has 0 radical (unpaired) electrons. The van der Waals surface area contributed by atoms with Gasteiger partial charge in [0.15, 0.2) is 0 Å². The highest BCUT2D eigenvalue weighted by Gasteiger charge is 2.56. The van der Waals surface area contributed by atoms with Crippen molar-refractivity contribution < 1.29 is 35.9 Å². The van der Waals surface area contributed by atoms with E-state index in [0.717, 1.165) is 16.0 Å². The highest BCUT2D eigenvalue weighted by Crippen LogP contribution is 2.50. The Labute approximate surface area is 247 Å². The molecule has 3 amide bonds. The van der Waals surface area contributed by atoms with Crippen LogP contribution in [0.1, 0.15) is 66.1 Å². The van der Waals surface area contributed by atoms with Crippen LogP contribution in [0.15, 0.2) is 67.8 Å². The van der Waals surface area contributed by atoms with Crippen LogP contribution < -0.4 is 0 Å². The summed E-state index contributed by atoms with van der Waals surface area (Å²) >= 11 is 0. The van der Waals surface area contributed by atoms with E-state index in [1.807, 2.05) is 31.2 Å². The van der Waals surface area contributed by atoms with Gasteiger partial charge in [0.2, 0.25) is 5.91 Å². The van der Waals surface area contributed by atoms with Crippen LogP contribution in [0.2, 0.25) is 0 Å². The van der Waals surface area contributed by atoms with Gasteiger partial charge in [0, 0.05) is 20.1 Å². The van der Waals surface area contributed by atoms with Crippen molar-refractivity contribution >= 4 is 11.9 Å². The molecule has 0 bridgehead atoms. The second-order valence-corrected chi connectivity index (χ2v) is 11.4. The number of benzene rings is 2. The first-order valence-electron chi connectivity index (χ1n) is 14.0. The van der Waals surface area contributed by atoms with E-state index < -0.39 is 53.1 Å². The first-order chi connectivity index (χ1) is 20.1. The Kier molecular flexibility index (Phi) is 8.77. The largest absolute Gasteiger partial charge is 0.416 e. The number of alkyl halides is 6. The van der Waals surface area contributed by atoms with Crippen LogP contribution in [0.5, 0.6) is 0 Å². The minimum Gasteiger partial charge on any atom is -0.335 e. The molecule has 2 aliphatic rings. The van der Waals surface area contributed by atoms with Crippen molar-refractivity contribution in [3.8, 4) is 0 Å². The maximum absolute atomic E-state index is 14.1. The molecule has 0 N–H and O–H groups in total. The quantitative estimate of drug-likeness (QED) is 0.237. The van der Waals surface area contributed by atoms with Gasteiger partial charge in [0.05, 0.1) is 34.7 Å². The third-order valence-electron chi connectivity index (χ3n) is 8.79. The third-order valence-corrected chi connectivity index (χ3v) is 8.79. The maximum atomic E-state index is 14.1.